The highest BCUT2D eigenvalue weighted by Gasteiger charge is 2.39. The van der Waals surface area contributed by atoms with Crippen LogP contribution < -0.4 is 4.90 Å². The van der Waals surface area contributed by atoms with Crippen LogP contribution in [0.15, 0.2) is 28.9 Å². The van der Waals surface area contributed by atoms with Crippen LogP contribution in [0.4, 0.5) is 5.69 Å². The molecular weight excluding hydrogens is 450 g/mol. The van der Waals surface area contributed by atoms with Crippen molar-refractivity contribution in [2.75, 3.05) is 24.5 Å². The topological polar surface area (TPSA) is 78.3 Å². The van der Waals surface area contributed by atoms with Crippen molar-refractivity contribution in [2.45, 2.75) is 91.0 Å². The van der Waals surface area contributed by atoms with Gasteiger partial charge in [-0.05, 0) is 56.4 Å². The van der Waals surface area contributed by atoms with Crippen molar-refractivity contribution in [3.63, 3.8) is 0 Å². The summed E-state index contributed by atoms with van der Waals surface area (Å²) in [6, 6.07) is 4.12. The number of nitrogens with zero attached hydrogens (tertiary/aromatic N) is 4. The first-order valence-corrected chi connectivity index (χ1v) is 13.3. The molecule has 36 heavy (non-hydrogen) atoms. The van der Waals surface area contributed by atoms with Gasteiger partial charge in [0.25, 0.3) is 5.91 Å². The van der Waals surface area contributed by atoms with Crippen LogP contribution in [-0.2, 0) is 5.41 Å². The van der Waals surface area contributed by atoms with Crippen LogP contribution in [0.5, 0.6) is 0 Å². The van der Waals surface area contributed by atoms with Gasteiger partial charge in [0.05, 0.1) is 17.4 Å². The zero-order valence-electron chi connectivity index (χ0n) is 22.9. The maximum atomic E-state index is 13.8. The molecule has 0 unspecified atom stereocenters. The van der Waals surface area contributed by atoms with Gasteiger partial charge < -0.3 is 14.2 Å². The van der Waals surface area contributed by atoms with Crippen LogP contribution in [0.2, 0.25) is 0 Å². The summed E-state index contributed by atoms with van der Waals surface area (Å²) in [7, 11) is 0. The number of aromatic amines is 1. The Balaban J connectivity index is 1.45. The van der Waals surface area contributed by atoms with E-state index in [1.807, 2.05) is 23.4 Å². The number of hydrogen-bond donors (Lipinski definition) is 1. The van der Waals surface area contributed by atoms with Gasteiger partial charge in [-0.15, -0.1) is 0 Å². The Kier molecular flexibility index (Phi) is 5.96. The third kappa shape index (κ3) is 4.64. The summed E-state index contributed by atoms with van der Waals surface area (Å²) in [4.78, 5) is 23.0. The fraction of sp³-hybridized carbons (Fsp3) is 0.621. The average Bonchev–Trinajstić information content (AvgIpc) is 3.47. The number of rotatable bonds is 3. The number of hydrogen-bond acceptors (Lipinski definition) is 5. The quantitative estimate of drug-likeness (QED) is 0.467. The van der Waals surface area contributed by atoms with Crippen LogP contribution in [0.25, 0.3) is 11.1 Å². The van der Waals surface area contributed by atoms with Crippen molar-refractivity contribution in [3.05, 3.63) is 41.5 Å². The van der Waals surface area contributed by atoms with E-state index in [1.54, 1.807) is 0 Å². The van der Waals surface area contributed by atoms with Gasteiger partial charge >= 0.3 is 0 Å². The Morgan fingerprint density at radius 2 is 1.83 bits per heavy atom. The van der Waals surface area contributed by atoms with Gasteiger partial charge in [0.15, 0.2) is 11.3 Å². The fourth-order valence-corrected chi connectivity index (χ4v) is 5.91. The van der Waals surface area contributed by atoms with Gasteiger partial charge in [-0.3, -0.25) is 9.89 Å². The molecule has 1 saturated carbocycles. The molecule has 5 rings (SSSR count). The molecule has 4 heterocycles. The van der Waals surface area contributed by atoms with Gasteiger partial charge in [-0.2, -0.15) is 5.10 Å². The Morgan fingerprint density at radius 3 is 2.44 bits per heavy atom. The van der Waals surface area contributed by atoms with E-state index < -0.39 is 0 Å². The van der Waals surface area contributed by atoms with Crippen LogP contribution in [-0.4, -0.2) is 51.2 Å². The van der Waals surface area contributed by atoms with Crippen LogP contribution in [0.1, 0.15) is 102 Å². The zero-order valence-corrected chi connectivity index (χ0v) is 22.9. The SMILES string of the molecule is CC1(C)CCC(c2cc(C(C)(C)C)c3oc(C(=O)N4CCN(c5cn[nH]c5)CC4(C)C)cc3n2)CC1. The van der Waals surface area contributed by atoms with Crippen molar-refractivity contribution in [2.24, 2.45) is 5.41 Å². The molecule has 1 amide bonds. The smallest absolute Gasteiger partial charge is 0.290 e. The first-order chi connectivity index (χ1) is 16.8. The molecule has 1 aliphatic carbocycles. The van der Waals surface area contributed by atoms with Crippen molar-refractivity contribution in [1.82, 2.24) is 20.1 Å². The molecule has 2 aliphatic rings. The van der Waals surface area contributed by atoms with Crippen molar-refractivity contribution < 1.29 is 9.21 Å². The molecule has 1 N–H and O–H groups in total. The summed E-state index contributed by atoms with van der Waals surface area (Å²) in [5.74, 6) is 0.785. The van der Waals surface area contributed by atoms with E-state index >= 15 is 0 Å². The fourth-order valence-electron chi connectivity index (χ4n) is 5.91. The molecule has 0 bridgehead atoms. The molecule has 0 spiro atoms. The molecule has 2 fully saturated rings. The lowest BCUT2D eigenvalue weighted by Gasteiger charge is -2.47. The monoisotopic (exact) mass is 491 g/mol. The number of aromatic nitrogens is 3. The standard InChI is InChI=1S/C29H41N5O2/c1-27(2,3)21-14-22(19-8-10-28(4,5)11-9-19)32-23-15-24(36-25(21)23)26(35)34-13-12-33(18-29(34,6)7)20-16-30-31-17-20/h14-17,19H,8-13,18H2,1-7H3,(H,30,31). The highest BCUT2D eigenvalue weighted by molar-refractivity contribution is 5.96. The van der Waals surface area contributed by atoms with Gasteiger partial charge in [-0.1, -0.05) is 34.6 Å². The van der Waals surface area contributed by atoms with E-state index in [1.165, 1.54) is 12.8 Å². The molecule has 1 saturated heterocycles. The minimum absolute atomic E-state index is 0.0642. The van der Waals surface area contributed by atoms with Crippen LogP contribution in [0.3, 0.4) is 0 Å². The highest BCUT2D eigenvalue weighted by Crippen LogP contribution is 2.43. The second kappa shape index (κ2) is 8.63. The van der Waals surface area contributed by atoms with Gasteiger partial charge in [0, 0.05) is 49.1 Å². The Bertz CT molecular complexity index is 1240. The number of nitrogens with one attached hydrogen (secondary N) is 1. The number of pyridine rings is 1. The molecule has 7 nitrogen and oxygen atoms in total. The number of carbonyl (C=O) groups is 1. The summed E-state index contributed by atoms with van der Waals surface area (Å²) in [5, 5.41) is 6.96. The number of anilines is 1. The molecule has 0 radical (unpaired) electrons. The van der Waals surface area contributed by atoms with Crippen molar-refractivity contribution in [3.8, 4) is 0 Å². The number of carbonyl (C=O) groups excluding carboxylic acids is 1. The van der Waals surface area contributed by atoms with E-state index in [4.69, 9.17) is 9.40 Å². The number of piperazine rings is 1. The highest BCUT2D eigenvalue weighted by atomic mass is 16.3. The summed E-state index contributed by atoms with van der Waals surface area (Å²) < 4.78 is 6.33. The van der Waals surface area contributed by atoms with Gasteiger partial charge in [0.1, 0.15) is 5.52 Å². The first-order valence-electron chi connectivity index (χ1n) is 13.3. The maximum absolute atomic E-state index is 13.8. The molecule has 0 aromatic carbocycles. The van der Waals surface area contributed by atoms with Crippen LogP contribution >= 0.6 is 0 Å². The predicted molar refractivity (Wildman–Crippen MR) is 144 cm³/mol. The molecular formula is C29H41N5O2. The van der Waals surface area contributed by atoms with E-state index in [0.29, 0.717) is 23.6 Å². The van der Waals surface area contributed by atoms with Crippen molar-refractivity contribution >= 4 is 22.7 Å². The Morgan fingerprint density at radius 1 is 1.11 bits per heavy atom. The largest absolute Gasteiger partial charge is 0.449 e. The van der Waals surface area contributed by atoms with E-state index in [9.17, 15) is 4.79 Å². The van der Waals surface area contributed by atoms with Crippen molar-refractivity contribution in [1.29, 1.82) is 0 Å². The Hall–Kier alpha value is -2.83. The number of fused-ring (bicyclic) bond motifs is 1. The lowest BCUT2D eigenvalue weighted by molar-refractivity contribution is 0.0484. The van der Waals surface area contributed by atoms with Gasteiger partial charge in [-0.25, -0.2) is 4.98 Å². The summed E-state index contributed by atoms with van der Waals surface area (Å²) >= 11 is 0. The Labute approximate surface area is 214 Å². The summed E-state index contributed by atoms with van der Waals surface area (Å²) in [5.41, 5.74) is 4.84. The summed E-state index contributed by atoms with van der Waals surface area (Å²) in [6.07, 6.45) is 8.49. The second-order valence-electron chi connectivity index (χ2n) is 13.3. The maximum Gasteiger partial charge on any atom is 0.290 e. The number of amides is 1. The number of H-pyrrole nitrogens is 1. The minimum Gasteiger partial charge on any atom is -0.449 e. The van der Waals surface area contributed by atoms with E-state index in [0.717, 1.165) is 54.0 Å². The summed E-state index contributed by atoms with van der Waals surface area (Å²) in [6.45, 7) is 17.7. The molecule has 1 aliphatic heterocycles. The van der Waals surface area contributed by atoms with Gasteiger partial charge in [0.2, 0.25) is 0 Å². The average molecular weight is 492 g/mol. The second-order valence-corrected chi connectivity index (χ2v) is 13.3. The lowest BCUT2D eigenvalue weighted by Crippen LogP contribution is -2.61. The first kappa shape index (κ1) is 24.8. The van der Waals surface area contributed by atoms with E-state index in [-0.39, 0.29) is 16.9 Å². The van der Waals surface area contributed by atoms with Crippen LogP contribution in [0, 0.1) is 5.41 Å². The molecule has 3 aromatic rings. The molecule has 3 aromatic heterocycles. The third-order valence-corrected chi connectivity index (χ3v) is 8.27. The molecule has 7 heteroatoms. The normalized spacial score (nSPS) is 20.8. The molecule has 194 valence electrons. The lowest BCUT2D eigenvalue weighted by atomic mass is 9.72. The predicted octanol–water partition coefficient (Wildman–Crippen LogP) is 6.27. The minimum atomic E-state index is -0.355. The zero-order chi connectivity index (χ0) is 25.9. The number of furan rings is 1. The molecule has 0 atom stereocenters. The van der Waals surface area contributed by atoms with E-state index in [2.05, 4.69) is 69.6 Å². The third-order valence-electron chi connectivity index (χ3n) is 8.27.